The second-order valence-corrected chi connectivity index (χ2v) is 6.51. The zero-order valence-corrected chi connectivity index (χ0v) is 15.5. The van der Waals surface area contributed by atoms with Gasteiger partial charge in [0.05, 0.1) is 16.6 Å². The number of rotatable bonds is 3. The van der Waals surface area contributed by atoms with Gasteiger partial charge in [0.1, 0.15) is 5.82 Å². The molecule has 7 nitrogen and oxygen atoms in total. The van der Waals surface area contributed by atoms with Crippen molar-refractivity contribution in [3.8, 4) is 5.95 Å². The van der Waals surface area contributed by atoms with E-state index >= 15 is 0 Å². The largest absolute Gasteiger partial charge is 0.416 e. The Kier molecular flexibility index (Phi) is 4.45. The Morgan fingerprint density at radius 1 is 0.967 bits per heavy atom. The van der Waals surface area contributed by atoms with Crippen LogP contribution in [0.5, 0.6) is 0 Å². The molecule has 0 unspecified atom stereocenters. The first-order valence-electron chi connectivity index (χ1n) is 8.66. The molecular formula is C19H15F4N7. The summed E-state index contributed by atoms with van der Waals surface area (Å²) < 4.78 is 54.3. The number of anilines is 4. The van der Waals surface area contributed by atoms with Crippen molar-refractivity contribution < 1.29 is 17.6 Å². The molecule has 4 rings (SSSR count). The van der Waals surface area contributed by atoms with Crippen LogP contribution in [0.1, 0.15) is 11.4 Å². The van der Waals surface area contributed by atoms with Crippen LogP contribution in [-0.4, -0.2) is 19.5 Å². The molecule has 0 amide bonds. The molecular weight excluding hydrogens is 402 g/mol. The summed E-state index contributed by atoms with van der Waals surface area (Å²) in [5.41, 5.74) is 12.6. The van der Waals surface area contributed by atoms with Gasteiger partial charge in [0.2, 0.25) is 11.8 Å². The van der Waals surface area contributed by atoms with Gasteiger partial charge in [-0.3, -0.25) is 4.57 Å². The van der Waals surface area contributed by atoms with Gasteiger partial charge in [0.25, 0.3) is 0 Å². The summed E-state index contributed by atoms with van der Waals surface area (Å²) in [6.45, 7) is 1.71. The van der Waals surface area contributed by atoms with Gasteiger partial charge in [-0.15, -0.1) is 0 Å². The van der Waals surface area contributed by atoms with Crippen molar-refractivity contribution in [3.05, 3.63) is 59.7 Å². The van der Waals surface area contributed by atoms with E-state index in [1.165, 1.54) is 12.1 Å². The van der Waals surface area contributed by atoms with Gasteiger partial charge in [0, 0.05) is 11.4 Å². The lowest BCUT2D eigenvalue weighted by molar-refractivity contribution is -0.137. The number of nitrogens with one attached hydrogen (secondary N) is 1. The number of imidazole rings is 1. The lowest BCUT2D eigenvalue weighted by Gasteiger charge is -2.12. The van der Waals surface area contributed by atoms with Crippen molar-refractivity contribution in [3.63, 3.8) is 0 Å². The lowest BCUT2D eigenvalue weighted by Crippen LogP contribution is -2.11. The number of aryl methyl sites for hydroxylation is 1. The minimum Gasteiger partial charge on any atom is -0.399 e. The van der Waals surface area contributed by atoms with E-state index in [1.54, 1.807) is 29.7 Å². The monoisotopic (exact) mass is 417 g/mol. The topological polar surface area (TPSA) is 108 Å². The number of halogens is 4. The molecule has 0 saturated heterocycles. The molecule has 2 aromatic carbocycles. The number of hydrogen-bond acceptors (Lipinski definition) is 6. The Hall–Kier alpha value is -3.89. The molecule has 0 spiro atoms. The SMILES string of the molecule is Cc1nc2ccc(N)cc2n1-c1nc(N)c(F)c(Nc2ccc(C(F)(F)F)cc2)n1. The van der Waals surface area contributed by atoms with Crippen molar-refractivity contribution >= 4 is 34.0 Å². The number of alkyl halides is 3. The van der Waals surface area contributed by atoms with Crippen LogP contribution >= 0.6 is 0 Å². The normalized spacial score (nSPS) is 11.8. The Morgan fingerprint density at radius 3 is 2.33 bits per heavy atom. The predicted octanol–water partition coefficient (Wildman–Crippen LogP) is 4.19. The van der Waals surface area contributed by atoms with E-state index in [0.29, 0.717) is 22.5 Å². The third-order valence-electron chi connectivity index (χ3n) is 4.39. The minimum atomic E-state index is -4.47. The highest BCUT2D eigenvalue weighted by molar-refractivity contribution is 5.81. The predicted molar refractivity (Wildman–Crippen MR) is 105 cm³/mol. The van der Waals surface area contributed by atoms with Crippen molar-refractivity contribution in [1.82, 2.24) is 19.5 Å². The van der Waals surface area contributed by atoms with Gasteiger partial charge in [0.15, 0.2) is 11.6 Å². The number of hydrogen-bond donors (Lipinski definition) is 3. The fourth-order valence-corrected chi connectivity index (χ4v) is 2.98. The van der Waals surface area contributed by atoms with Crippen molar-refractivity contribution in [1.29, 1.82) is 0 Å². The summed E-state index contributed by atoms with van der Waals surface area (Å²) in [4.78, 5) is 12.5. The third kappa shape index (κ3) is 3.45. The summed E-state index contributed by atoms with van der Waals surface area (Å²) in [5.74, 6) is -1.10. The number of benzene rings is 2. The maximum absolute atomic E-state index is 14.5. The van der Waals surface area contributed by atoms with Gasteiger partial charge < -0.3 is 16.8 Å². The van der Waals surface area contributed by atoms with Gasteiger partial charge in [-0.1, -0.05) is 0 Å². The Labute approximate surface area is 167 Å². The first-order chi connectivity index (χ1) is 14.1. The van der Waals surface area contributed by atoms with Gasteiger partial charge in [-0.05, 0) is 49.4 Å². The molecule has 0 fully saturated rings. The summed E-state index contributed by atoms with van der Waals surface area (Å²) in [5, 5.41) is 2.64. The molecule has 11 heteroatoms. The lowest BCUT2D eigenvalue weighted by atomic mass is 10.2. The molecule has 0 radical (unpaired) electrons. The van der Waals surface area contributed by atoms with Crippen molar-refractivity contribution in [2.45, 2.75) is 13.1 Å². The molecule has 5 N–H and O–H groups in total. The number of nitrogens with zero attached hydrogens (tertiary/aromatic N) is 4. The first-order valence-corrected chi connectivity index (χ1v) is 8.66. The molecule has 0 aliphatic heterocycles. The van der Waals surface area contributed by atoms with Crippen LogP contribution in [0, 0.1) is 12.7 Å². The molecule has 2 aromatic heterocycles. The molecule has 0 bridgehead atoms. The highest BCUT2D eigenvalue weighted by Gasteiger charge is 2.30. The zero-order chi connectivity index (χ0) is 21.6. The van der Waals surface area contributed by atoms with E-state index in [4.69, 9.17) is 11.5 Å². The van der Waals surface area contributed by atoms with Gasteiger partial charge in [-0.25, -0.2) is 4.98 Å². The zero-order valence-electron chi connectivity index (χ0n) is 15.5. The van der Waals surface area contributed by atoms with Crippen LogP contribution in [0.4, 0.5) is 40.6 Å². The van der Waals surface area contributed by atoms with Crippen LogP contribution in [0.2, 0.25) is 0 Å². The summed E-state index contributed by atoms with van der Waals surface area (Å²) in [6.07, 6.45) is -4.47. The fraction of sp³-hybridized carbons (Fsp3) is 0.105. The minimum absolute atomic E-state index is 0.0360. The molecule has 154 valence electrons. The molecule has 30 heavy (non-hydrogen) atoms. The summed E-state index contributed by atoms with van der Waals surface area (Å²) in [6, 6.07) is 9.17. The summed E-state index contributed by atoms with van der Waals surface area (Å²) in [7, 11) is 0. The maximum Gasteiger partial charge on any atom is 0.416 e. The number of aromatic nitrogens is 4. The summed E-state index contributed by atoms with van der Waals surface area (Å²) >= 11 is 0. The van der Waals surface area contributed by atoms with Crippen LogP contribution < -0.4 is 16.8 Å². The van der Waals surface area contributed by atoms with Crippen LogP contribution in [0.15, 0.2) is 42.5 Å². The highest BCUT2D eigenvalue weighted by Crippen LogP contribution is 2.31. The number of nitrogens with two attached hydrogens (primary N) is 2. The standard InChI is InChI=1S/C19H15F4N7/c1-9-26-13-7-4-11(24)8-14(13)30(9)18-28-16(25)15(20)17(29-18)27-12-5-2-10(3-6-12)19(21,22)23/h2-8H,24H2,1H3,(H3,25,27,28,29). The van der Waals surface area contributed by atoms with E-state index in [-0.39, 0.29) is 17.5 Å². The first kappa shape index (κ1) is 19.4. The van der Waals surface area contributed by atoms with Crippen molar-refractivity contribution in [2.75, 3.05) is 16.8 Å². The molecule has 2 heterocycles. The van der Waals surface area contributed by atoms with Crippen LogP contribution in [0.25, 0.3) is 17.0 Å². The molecule has 0 aliphatic rings. The van der Waals surface area contributed by atoms with E-state index < -0.39 is 23.4 Å². The molecule has 4 aromatic rings. The average Bonchev–Trinajstić information content (AvgIpc) is 3.00. The average molecular weight is 417 g/mol. The number of fused-ring (bicyclic) bond motifs is 1. The molecule has 0 atom stereocenters. The van der Waals surface area contributed by atoms with Gasteiger partial charge >= 0.3 is 6.18 Å². The second kappa shape index (κ2) is 6.87. The smallest absolute Gasteiger partial charge is 0.399 e. The Morgan fingerprint density at radius 2 is 1.67 bits per heavy atom. The van der Waals surface area contributed by atoms with E-state index in [1.807, 2.05) is 0 Å². The third-order valence-corrected chi connectivity index (χ3v) is 4.39. The van der Waals surface area contributed by atoms with E-state index in [0.717, 1.165) is 12.1 Å². The van der Waals surface area contributed by atoms with E-state index in [9.17, 15) is 17.6 Å². The quantitative estimate of drug-likeness (QED) is 0.341. The maximum atomic E-state index is 14.5. The molecule has 0 aliphatic carbocycles. The Bertz CT molecular complexity index is 1250. The molecule has 0 saturated carbocycles. The van der Waals surface area contributed by atoms with Gasteiger partial charge in [-0.2, -0.15) is 27.5 Å². The van der Waals surface area contributed by atoms with Crippen LogP contribution in [-0.2, 0) is 6.18 Å². The van der Waals surface area contributed by atoms with E-state index in [2.05, 4.69) is 20.3 Å². The highest BCUT2D eigenvalue weighted by atomic mass is 19.4. The van der Waals surface area contributed by atoms with Crippen molar-refractivity contribution in [2.24, 2.45) is 0 Å². The fourth-order valence-electron chi connectivity index (χ4n) is 2.98. The van der Waals surface area contributed by atoms with Crippen LogP contribution in [0.3, 0.4) is 0 Å². The second-order valence-electron chi connectivity index (χ2n) is 6.51. The Balaban J connectivity index is 1.77. The number of nitrogen functional groups attached to an aromatic ring is 2.